The highest BCUT2D eigenvalue weighted by Gasteiger charge is 2.28. The van der Waals surface area contributed by atoms with Crippen LogP contribution in [0.15, 0.2) is 30.3 Å². The Morgan fingerprint density at radius 3 is 2.17 bits per heavy atom. The predicted octanol–water partition coefficient (Wildman–Crippen LogP) is 1.62. The van der Waals surface area contributed by atoms with E-state index in [1.165, 1.54) is 0 Å². The number of nitrogens with one attached hydrogen (secondary N) is 3. The Hall–Kier alpha value is -2.65. The summed E-state index contributed by atoms with van der Waals surface area (Å²) in [6.45, 7) is 9.16. The van der Waals surface area contributed by atoms with Gasteiger partial charge in [-0.1, -0.05) is 44.2 Å². The second kappa shape index (κ2) is 12.1. The van der Waals surface area contributed by atoms with Gasteiger partial charge >= 0.3 is 6.09 Å². The van der Waals surface area contributed by atoms with E-state index in [-0.39, 0.29) is 19.1 Å². The number of benzene rings is 1. The zero-order chi connectivity index (χ0) is 22.7. The minimum Gasteiger partial charge on any atom is -0.444 e. The molecule has 0 bridgehead atoms. The van der Waals surface area contributed by atoms with Crippen molar-refractivity contribution in [1.82, 2.24) is 16.1 Å². The molecule has 1 aromatic rings. The quantitative estimate of drug-likeness (QED) is 0.257. The van der Waals surface area contributed by atoms with Gasteiger partial charge in [0.2, 0.25) is 5.91 Å². The monoisotopic (exact) mass is 422 g/mol. The van der Waals surface area contributed by atoms with Gasteiger partial charge in [0.1, 0.15) is 17.7 Å². The Labute approximate surface area is 178 Å². The SMILES string of the molecule is CC(C)C[C@H](NC(=O)[C@@H](COCc1ccccc1)NC(=O)OC(C)(C)C)C(=O)NN. The van der Waals surface area contributed by atoms with Crippen molar-refractivity contribution in [2.75, 3.05) is 6.61 Å². The number of amides is 3. The van der Waals surface area contributed by atoms with Crippen molar-refractivity contribution in [2.45, 2.75) is 65.3 Å². The molecule has 0 aliphatic carbocycles. The molecule has 1 aromatic carbocycles. The molecule has 0 radical (unpaired) electrons. The van der Waals surface area contributed by atoms with Crippen LogP contribution < -0.4 is 21.9 Å². The van der Waals surface area contributed by atoms with E-state index in [1.807, 2.05) is 44.2 Å². The first-order chi connectivity index (χ1) is 14.0. The molecule has 1 rings (SSSR count). The fourth-order valence-corrected chi connectivity index (χ4v) is 2.58. The molecule has 168 valence electrons. The summed E-state index contributed by atoms with van der Waals surface area (Å²) >= 11 is 0. The van der Waals surface area contributed by atoms with Gasteiger partial charge in [0.05, 0.1) is 13.2 Å². The highest BCUT2D eigenvalue weighted by atomic mass is 16.6. The summed E-state index contributed by atoms with van der Waals surface area (Å²) in [6, 6.07) is 7.54. The average Bonchev–Trinajstić information content (AvgIpc) is 2.65. The van der Waals surface area contributed by atoms with Gasteiger partial charge in [-0.05, 0) is 38.7 Å². The lowest BCUT2D eigenvalue weighted by molar-refractivity contribution is -0.131. The number of hydrazine groups is 1. The van der Waals surface area contributed by atoms with Crippen molar-refractivity contribution in [3.8, 4) is 0 Å². The zero-order valence-electron chi connectivity index (χ0n) is 18.4. The maximum Gasteiger partial charge on any atom is 0.408 e. The predicted molar refractivity (Wildman–Crippen MR) is 113 cm³/mol. The molecule has 9 heteroatoms. The minimum atomic E-state index is -1.05. The van der Waals surface area contributed by atoms with Gasteiger partial charge < -0.3 is 20.1 Å². The third-order valence-electron chi connectivity index (χ3n) is 3.89. The van der Waals surface area contributed by atoms with E-state index in [9.17, 15) is 14.4 Å². The summed E-state index contributed by atoms with van der Waals surface area (Å²) in [5, 5.41) is 5.15. The first-order valence-corrected chi connectivity index (χ1v) is 9.94. The Bertz CT molecular complexity index is 688. The number of hydrogen-bond acceptors (Lipinski definition) is 6. The van der Waals surface area contributed by atoms with E-state index in [0.29, 0.717) is 6.42 Å². The first-order valence-electron chi connectivity index (χ1n) is 9.94. The molecular weight excluding hydrogens is 388 g/mol. The highest BCUT2D eigenvalue weighted by Crippen LogP contribution is 2.09. The lowest BCUT2D eigenvalue weighted by Crippen LogP contribution is -2.56. The number of nitrogens with two attached hydrogens (primary N) is 1. The van der Waals surface area contributed by atoms with E-state index in [0.717, 1.165) is 5.56 Å². The molecule has 0 aliphatic heterocycles. The van der Waals surface area contributed by atoms with Gasteiger partial charge in [-0.25, -0.2) is 10.6 Å². The van der Waals surface area contributed by atoms with Gasteiger partial charge in [0.15, 0.2) is 0 Å². The lowest BCUT2D eigenvalue weighted by Gasteiger charge is -2.25. The van der Waals surface area contributed by atoms with E-state index in [2.05, 4.69) is 16.1 Å². The van der Waals surface area contributed by atoms with E-state index in [4.69, 9.17) is 15.3 Å². The number of alkyl carbamates (subject to hydrolysis) is 1. The lowest BCUT2D eigenvalue weighted by atomic mass is 10.0. The second-order valence-corrected chi connectivity index (χ2v) is 8.40. The second-order valence-electron chi connectivity index (χ2n) is 8.40. The molecule has 0 aromatic heterocycles. The molecule has 3 amide bonds. The summed E-state index contributed by atoms with van der Waals surface area (Å²) in [5.74, 6) is 4.29. The fourth-order valence-electron chi connectivity index (χ4n) is 2.58. The minimum absolute atomic E-state index is 0.0986. The fraction of sp³-hybridized carbons (Fsp3) is 0.571. The topological polar surface area (TPSA) is 132 Å². The van der Waals surface area contributed by atoms with Gasteiger partial charge in [0, 0.05) is 0 Å². The number of rotatable bonds is 10. The largest absolute Gasteiger partial charge is 0.444 e. The molecule has 2 atom stereocenters. The maximum atomic E-state index is 12.8. The van der Waals surface area contributed by atoms with Crippen LogP contribution in [0.3, 0.4) is 0 Å². The number of carbonyl (C=O) groups excluding carboxylic acids is 3. The molecule has 5 N–H and O–H groups in total. The maximum absolute atomic E-state index is 12.8. The van der Waals surface area contributed by atoms with Crippen molar-refractivity contribution in [1.29, 1.82) is 0 Å². The Morgan fingerprint density at radius 2 is 1.63 bits per heavy atom. The molecular formula is C21H34N4O5. The molecule has 30 heavy (non-hydrogen) atoms. The summed E-state index contributed by atoms with van der Waals surface area (Å²) in [7, 11) is 0. The molecule has 0 saturated heterocycles. The Kier molecular flexibility index (Phi) is 10.3. The van der Waals surface area contributed by atoms with Gasteiger partial charge in [-0.15, -0.1) is 0 Å². The Balaban J connectivity index is 2.83. The van der Waals surface area contributed by atoms with E-state index < -0.39 is 35.6 Å². The standard InChI is InChI=1S/C21H34N4O5/c1-14(2)11-16(19(27)25-22)23-18(26)17(24-20(28)30-21(3,4)5)13-29-12-15-9-7-6-8-10-15/h6-10,14,16-17H,11-13,22H2,1-5H3,(H,23,26)(H,24,28)(H,25,27)/t16-,17+/m0/s1. The average molecular weight is 423 g/mol. The summed E-state index contributed by atoms with van der Waals surface area (Å²) in [6.07, 6.45) is -0.367. The third-order valence-corrected chi connectivity index (χ3v) is 3.89. The van der Waals surface area contributed by atoms with Crippen molar-refractivity contribution < 1.29 is 23.9 Å². The van der Waals surface area contributed by atoms with Crippen LogP contribution in [0.5, 0.6) is 0 Å². The van der Waals surface area contributed by atoms with Crippen LogP contribution in [-0.4, -0.2) is 42.2 Å². The number of ether oxygens (including phenoxy) is 2. The van der Waals surface area contributed by atoms with Crippen molar-refractivity contribution in [2.24, 2.45) is 11.8 Å². The summed E-state index contributed by atoms with van der Waals surface area (Å²) in [5.41, 5.74) is 2.25. The van der Waals surface area contributed by atoms with Crippen molar-refractivity contribution >= 4 is 17.9 Å². The highest BCUT2D eigenvalue weighted by molar-refractivity contribution is 5.91. The normalized spacial score (nSPS) is 13.3. The molecule has 9 nitrogen and oxygen atoms in total. The van der Waals surface area contributed by atoms with Gasteiger partial charge in [-0.3, -0.25) is 15.0 Å². The van der Waals surface area contributed by atoms with Crippen LogP contribution in [0.4, 0.5) is 4.79 Å². The van der Waals surface area contributed by atoms with Gasteiger partial charge in [-0.2, -0.15) is 0 Å². The smallest absolute Gasteiger partial charge is 0.408 e. The summed E-state index contributed by atoms with van der Waals surface area (Å²) < 4.78 is 10.9. The number of carbonyl (C=O) groups is 3. The van der Waals surface area contributed by atoms with E-state index in [1.54, 1.807) is 20.8 Å². The summed E-state index contributed by atoms with van der Waals surface area (Å²) in [4.78, 5) is 37.0. The van der Waals surface area contributed by atoms with Crippen molar-refractivity contribution in [3.63, 3.8) is 0 Å². The van der Waals surface area contributed by atoms with Crippen LogP contribution in [0.2, 0.25) is 0 Å². The molecule has 0 aliphatic rings. The molecule has 0 fully saturated rings. The third kappa shape index (κ3) is 10.2. The molecule has 0 spiro atoms. The van der Waals surface area contributed by atoms with E-state index >= 15 is 0 Å². The molecule has 0 heterocycles. The van der Waals surface area contributed by atoms with Crippen LogP contribution in [0.25, 0.3) is 0 Å². The Morgan fingerprint density at radius 1 is 1.00 bits per heavy atom. The van der Waals surface area contributed by atoms with Crippen LogP contribution in [0.1, 0.15) is 46.6 Å². The van der Waals surface area contributed by atoms with Crippen LogP contribution >= 0.6 is 0 Å². The van der Waals surface area contributed by atoms with Crippen LogP contribution in [-0.2, 0) is 25.7 Å². The number of hydrogen-bond donors (Lipinski definition) is 4. The first kappa shape index (κ1) is 25.4. The molecule has 0 saturated carbocycles. The molecule has 0 unspecified atom stereocenters. The van der Waals surface area contributed by atoms with Gasteiger partial charge in [0.25, 0.3) is 5.91 Å². The van der Waals surface area contributed by atoms with Crippen molar-refractivity contribution in [3.05, 3.63) is 35.9 Å². The van der Waals surface area contributed by atoms with Crippen LogP contribution in [0, 0.1) is 5.92 Å². The zero-order valence-corrected chi connectivity index (χ0v) is 18.4.